The molecule has 0 aromatic heterocycles. The molecule has 0 bridgehead atoms. The molecule has 150 valence electrons. The van der Waals surface area contributed by atoms with E-state index in [0.29, 0.717) is 6.42 Å². The van der Waals surface area contributed by atoms with Crippen LogP contribution in [0.1, 0.15) is 51.9 Å². The Morgan fingerprint density at radius 2 is 1.78 bits per heavy atom. The van der Waals surface area contributed by atoms with Crippen molar-refractivity contribution < 1.29 is 24.9 Å². The highest BCUT2D eigenvalue weighted by molar-refractivity contribution is 5.84. The van der Waals surface area contributed by atoms with Gasteiger partial charge >= 0.3 is 5.97 Å². The van der Waals surface area contributed by atoms with Crippen LogP contribution in [-0.4, -0.2) is 39.3 Å². The first-order valence-corrected chi connectivity index (χ1v) is 9.69. The molecule has 0 aromatic carbocycles. The number of carboxylic acids is 1. The van der Waals surface area contributed by atoms with Crippen LogP contribution in [0.25, 0.3) is 0 Å². The zero-order valence-electron chi connectivity index (χ0n) is 16.0. The molecule has 0 amide bonds. The van der Waals surface area contributed by atoms with E-state index in [-0.39, 0.29) is 36.9 Å². The summed E-state index contributed by atoms with van der Waals surface area (Å²) in [5.74, 6) is -1.56. The van der Waals surface area contributed by atoms with E-state index in [9.17, 15) is 19.8 Å². The Bertz CT molecular complexity index is 573. The van der Waals surface area contributed by atoms with E-state index in [1.54, 1.807) is 6.08 Å². The lowest BCUT2D eigenvalue weighted by Crippen LogP contribution is -2.19. The van der Waals surface area contributed by atoms with Crippen molar-refractivity contribution in [1.82, 2.24) is 0 Å². The molecule has 0 heterocycles. The average molecular weight is 376 g/mol. The number of hydrogen-bond donors (Lipinski definition) is 3. The molecule has 0 aliphatic heterocycles. The molecule has 3 N–H and O–H groups in total. The molecular weight excluding hydrogens is 344 g/mol. The second kappa shape index (κ2) is 13.2. The van der Waals surface area contributed by atoms with E-state index in [4.69, 9.17) is 5.11 Å². The third kappa shape index (κ3) is 9.50. The van der Waals surface area contributed by atoms with Gasteiger partial charge in [0.25, 0.3) is 0 Å². The monoisotopic (exact) mass is 376 g/mol. The highest BCUT2D eigenvalue weighted by Gasteiger charge is 2.39. The molecule has 0 aromatic rings. The van der Waals surface area contributed by atoms with Gasteiger partial charge < -0.3 is 15.3 Å². The van der Waals surface area contributed by atoms with Crippen molar-refractivity contribution in [2.75, 3.05) is 0 Å². The summed E-state index contributed by atoms with van der Waals surface area (Å²) < 4.78 is 0. The predicted octanol–water partition coefficient (Wildman–Crippen LogP) is 3.58. The molecule has 1 fully saturated rings. The van der Waals surface area contributed by atoms with Gasteiger partial charge in [0.05, 0.1) is 12.2 Å². The molecule has 1 aliphatic carbocycles. The van der Waals surface area contributed by atoms with Crippen LogP contribution in [0.5, 0.6) is 0 Å². The van der Waals surface area contributed by atoms with Gasteiger partial charge in [-0.25, -0.2) is 0 Å². The van der Waals surface area contributed by atoms with E-state index in [2.05, 4.69) is 31.2 Å². The first-order valence-electron chi connectivity index (χ1n) is 9.69. The Kier molecular flexibility index (Phi) is 11.3. The van der Waals surface area contributed by atoms with Crippen LogP contribution >= 0.6 is 0 Å². The first kappa shape index (κ1) is 23.1. The van der Waals surface area contributed by atoms with Crippen molar-refractivity contribution in [3.05, 3.63) is 48.6 Å². The maximum atomic E-state index is 12.1. The lowest BCUT2D eigenvalue weighted by atomic mass is 9.90. The van der Waals surface area contributed by atoms with Crippen LogP contribution in [0.15, 0.2) is 48.6 Å². The number of hydrogen-bond acceptors (Lipinski definition) is 4. The molecule has 1 saturated carbocycles. The van der Waals surface area contributed by atoms with Crippen molar-refractivity contribution in [2.24, 2.45) is 11.8 Å². The van der Waals surface area contributed by atoms with Crippen LogP contribution in [0, 0.1) is 11.8 Å². The second-order valence-electron chi connectivity index (χ2n) is 6.84. The van der Waals surface area contributed by atoms with E-state index < -0.39 is 18.2 Å². The number of Topliss-reactive ketones (excluding diaryl/α,β-unsaturated/α-hetero) is 1. The highest BCUT2D eigenvalue weighted by atomic mass is 16.4. The number of aliphatic carboxylic acids is 1. The smallest absolute Gasteiger partial charge is 0.303 e. The molecule has 5 nitrogen and oxygen atoms in total. The fourth-order valence-corrected chi connectivity index (χ4v) is 3.10. The van der Waals surface area contributed by atoms with Crippen molar-refractivity contribution in [1.29, 1.82) is 0 Å². The third-order valence-corrected chi connectivity index (χ3v) is 4.61. The van der Waals surface area contributed by atoms with Gasteiger partial charge in [0, 0.05) is 24.7 Å². The third-order valence-electron chi connectivity index (χ3n) is 4.61. The number of rotatable bonds is 12. The molecular formula is C22H32O5. The molecule has 4 atom stereocenters. The normalized spacial score (nSPS) is 24.9. The summed E-state index contributed by atoms with van der Waals surface area (Å²) in [4.78, 5) is 22.7. The molecule has 27 heavy (non-hydrogen) atoms. The molecule has 1 rings (SSSR count). The number of ketones is 1. The summed E-state index contributed by atoms with van der Waals surface area (Å²) in [7, 11) is 0. The highest BCUT2D eigenvalue weighted by Crippen LogP contribution is 2.33. The summed E-state index contributed by atoms with van der Waals surface area (Å²) in [5.41, 5.74) is 0. The average Bonchev–Trinajstić information content (AvgIpc) is 2.89. The molecule has 1 aliphatic rings. The second-order valence-corrected chi connectivity index (χ2v) is 6.84. The number of carbonyl (C=O) groups excluding carboxylic acids is 1. The van der Waals surface area contributed by atoms with Crippen LogP contribution in [0.4, 0.5) is 0 Å². The van der Waals surface area contributed by atoms with Gasteiger partial charge in [0.2, 0.25) is 0 Å². The van der Waals surface area contributed by atoms with Gasteiger partial charge in [-0.2, -0.15) is 0 Å². The number of aliphatic hydroxyl groups is 2. The van der Waals surface area contributed by atoms with Crippen LogP contribution in [-0.2, 0) is 9.59 Å². The molecule has 5 heteroatoms. The standard InChI is InChI=1S/C22H32O5/c1-2-3-4-5-6-7-8-9-10-11-18-19(21(25)16-20(18)24)14-12-17(23)13-15-22(26)27/h3-4,6-7,9-10,12,14,17-19,21,23,25H,2,5,8,11,13,15-16H2,1H3,(H,26,27)/b4-3-,7-6-,10-9-,14-12+/t17-,18-,19+,21-/m0/s1. The topological polar surface area (TPSA) is 94.8 Å². The molecule has 0 saturated heterocycles. The lowest BCUT2D eigenvalue weighted by Gasteiger charge is -2.16. The fourth-order valence-electron chi connectivity index (χ4n) is 3.10. The Labute approximate surface area is 161 Å². The molecule has 0 spiro atoms. The van der Waals surface area contributed by atoms with E-state index in [1.165, 1.54) is 6.08 Å². The van der Waals surface area contributed by atoms with Crippen molar-refractivity contribution in [2.45, 2.75) is 64.1 Å². The molecule has 0 radical (unpaired) electrons. The summed E-state index contributed by atoms with van der Waals surface area (Å²) in [6.07, 6.45) is 17.4. The Morgan fingerprint density at radius 1 is 1.15 bits per heavy atom. The van der Waals surface area contributed by atoms with Gasteiger partial charge in [-0.3, -0.25) is 9.59 Å². The number of carboxylic acid groups (broad SMARTS) is 1. The van der Waals surface area contributed by atoms with Gasteiger partial charge in [-0.15, -0.1) is 0 Å². The minimum atomic E-state index is -0.961. The van der Waals surface area contributed by atoms with Crippen molar-refractivity contribution >= 4 is 11.8 Å². The largest absolute Gasteiger partial charge is 0.481 e. The minimum absolute atomic E-state index is 0.0297. The van der Waals surface area contributed by atoms with Gasteiger partial charge in [0.15, 0.2) is 0 Å². The van der Waals surface area contributed by atoms with Crippen LogP contribution in [0.3, 0.4) is 0 Å². The van der Waals surface area contributed by atoms with Crippen LogP contribution < -0.4 is 0 Å². The van der Waals surface area contributed by atoms with E-state index in [1.807, 2.05) is 12.2 Å². The van der Waals surface area contributed by atoms with Gasteiger partial charge in [0.1, 0.15) is 5.78 Å². The zero-order valence-corrected chi connectivity index (χ0v) is 16.0. The quantitative estimate of drug-likeness (QED) is 0.453. The number of allylic oxidation sites excluding steroid dienone is 6. The summed E-state index contributed by atoms with van der Waals surface area (Å²) in [6.45, 7) is 2.10. The summed E-state index contributed by atoms with van der Waals surface area (Å²) >= 11 is 0. The summed E-state index contributed by atoms with van der Waals surface area (Å²) in [6, 6.07) is 0. The summed E-state index contributed by atoms with van der Waals surface area (Å²) in [5, 5.41) is 28.6. The van der Waals surface area contributed by atoms with Gasteiger partial charge in [-0.1, -0.05) is 55.5 Å². The molecule has 0 unspecified atom stereocenters. The van der Waals surface area contributed by atoms with Crippen molar-refractivity contribution in [3.63, 3.8) is 0 Å². The van der Waals surface area contributed by atoms with E-state index in [0.717, 1.165) is 19.3 Å². The Hall–Kier alpha value is -1.98. The van der Waals surface area contributed by atoms with Gasteiger partial charge in [-0.05, 0) is 32.1 Å². The van der Waals surface area contributed by atoms with Crippen LogP contribution in [0.2, 0.25) is 0 Å². The zero-order chi connectivity index (χ0) is 20.1. The first-order chi connectivity index (χ1) is 13.0. The maximum Gasteiger partial charge on any atom is 0.303 e. The maximum absolute atomic E-state index is 12.1. The minimum Gasteiger partial charge on any atom is -0.481 e. The Morgan fingerprint density at radius 3 is 2.41 bits per heavy atom. The van der Waals surface area contributed by atoms with Crippen molar-refractivity contribution in [3.8, 4) is 0 Å². The Balaban J connectivity index is 2.48. The predicted molar refractivity (Wildman–Crippen MR) is 106 cm³/mol. The fraction of sp³-hybridized carbons (Fsp3) is 0.545. The van der Waals surface area contributed by atoms with E-state index >= 15 is 0 Å². The lowest BCUT2D eigenvalue weighted by molar-refractivity contribution is -0.137. The number of carbonyl (C=O) groups is 2. The number of aliphatic hydroxyl groups excluding tert-OH is 2. The SMILES string of the molecule is CC/C=C\C/C=C\C/C=C\C[C@@H]1C(=O)C[C@H](O)[C@@H]1/C=C/[C@H](O)CCC(=O)O.